The van der Waals surface area contributed by atoms with Crippen LogP contribution in [0, 0.1) is 11.8 Å². The number of carbonyl (C=O) groups is 1. The molecule has 0 spiro atoms. The zero-order chi connectivity index (χ0) is 16.8. The lowest BCUT2D eigenvalue weighted by molar-refractivity contribution is 0.00122. The summed E-state index contributed by atoms with van der Waals surface area (Å²) in [6.45, 7) is 11.6. The standard InChI is InChI=1S/C18H33N3O2/c1-12(19-17(22)23-18(2,3)4)10-15-16-14(11-20(15)5)13-6-8-21(16)9-7-13/h12-16H,6-11H2,1-5H3,(H,19,22). The van der Waals surface area contributed by atoms with Gasteiger partial charge in [-0.2, -0.15) is 0 Å². The number of likely N-dealkylation sites (N-methyl/N-ethyl adjacent to an activating group) is 1. The highest BCUT2D eigenvalue weighted by atomic mass is 16.6. The number of hydrogen-bond acceptors (Lipinski definition) is 4. The molecule has 1 amide bonds. The summed E-state index contributed by atoms with van der Waals surface area (Å²) in [7, 11) is 2.25. The molecule has 4 aliphatic rings. The fourth-order valence-electron chi connectivity index (χ4n) is 4.96. The lowest BCUT2D eigenvalue weighted by Crippen LogP contribution is -2.57. The van der Waals surface area contributed by atoms with Gasteiger partial charge < -0.3 is 15.0 Å². The molecular formula is C18H33N3O2. The van der Waals surface area contributed by atoms with E-state index in [-0.39, 0.29) is 12.1 Å². The molecule has 4 saturated heterocycles. The molecule has 0 aromatic rings. The van der Waals surface area contributed by atoms with Gasteiger partial charge in [-0.25, -0.2) is 4.79 Å². The van der Waals surface area contributed by atoms with Gasteiger partial charge in [0.15, 0.2) is 0 Å². The first-order valence-electron chi connectivity index (χ1n) is 9.18. The third-order valence-corrected chi connectivity index (χ3v) is 5.86. The van der Waals surface area contributed by atoms with Crippen LogP contribution in [0.4, 0.5) is 4.79 Å². The third kappa shape index (κ3) is 3.66. The maximum atomic E-state index is 12.0. The largest absolute Gasteiger partial charge is 0.444 e. The molecule has 4 aliphatic heterocycles. The molecule has 4 heterocycles. The van der Waals surface area contributed by atoms with Crippen LogP contribution in [0.15, 0.2) is 0 Å². The lowest BCUT2D eigenvalue weighted by Gasteiger charge is -2.49. The topological polar surface area (TPSA) is 44.8 Å². The predicted molar refractivity (Wildman–Crippen MR) is 91.4 cm³/mol. The van der Waals surface area contributed by atoms with Crippen LogP contribution in [0.5, 0.6) is 0 Å². The summed E-state index contributed by atoms with van der Waals surface area (Å²) in [6, 6.07) is 1.38. The zero-order valence-electron chi connectivity index (χ0n) is 15.3. The van der Waals surface area contributed by atoms with Crippen molar-refractivity contribution in [2.45, 2.75) is 70.7 Å². The molecule has 4 atom stereocenters. The first-order valence-corrected chi connectivity index (χ1v) is 9.18. The number of nitrogens with zero attached hydrogens (tertiary/aromatic N) is 2. The smallest absolute Gasteiger partial charge is 0.407 e. The summed E-state index contributed by atoms with van der Waals surface area (Å²) in [6.07, 6.45) is 3.47. The van der Waals surface area contributed by atoms with Crippen molar-refractivity contribution in [2.24, 2.45) is 11.8 Å². The van der Waals surface area contributed by atoms with E-state index in [0.717, 1.165) is 18.3 Å². The Morgan fingerprint density at radius 3 is 2.57 bits per heavy atom. The zero-order valence-corrected chi connectivity index (χ0v) is 15.3. The number of nitrogens with one attached hydrogen (secondary N) is 1. The van der Waals surface area contributed by atoms with Gasteiger partial charge in [-0.1, -0.05) is 0 Å². The number of hydrogen-bond donors (Lipinski definition) is 1. The van der Waals surface area contributed by atoms with E-state index >= 15 is 0 Å². The van der Waals surface area contributed by atoms with Crippen LogP contribution in [0.3, 0.4) is 0 Å². The number of carbonyl (C=O) groups excluding carboxylic acids is 1. The van der Waals surface area contributed by atoms with Crippen molar-refractivity contribution < 1.29 is 9.53 Å². The van der Waals surface area contributed by atoms with Crippen LogP contribution in [0.2, 0.25) is 0 Å². The average molecular weight is 323 g/mol. The van der Waals surface area contributed by atoms with Gasteiger partial charge in [-0.05, 0) is 78.9 Å². The van der Waals surface area contributed by atoms with E-state index < -0.39 is 5.60 Å². The molecular weight excluding hydrogens is 290 g/mol. The molecule has 0 radical (unpaired) electrons. The molecule has 1 N–H and O–H groups in total. The van der Waals surface area contributed by atoms with Crippen molar-refractivity contribution in [2.75, 3.05) is 26.7 Å². The molecule has 5 nitrogen and oxygen atoms in total. The van der Waals surface area contributed by atoms with Crippen molar-refractivity contribution in [3.05, 3.63) is 0 Å². The van der Waals surface area contributed by atoms with Crippen molar-refractivity contribution in [3.8, 4) is 0 Å². The summed E-state index contributed by atoms with van der Waals surface area (Å²) >= 11 is 0. The predicted octanol–water partition coefficient (Wildman–Crippen LogP) is 2.31. The maximum Gasteiger partial charge on any atom is 0.407 e. The number of piperidine rings is 3. The molecule has 4 rings (SSSR count). The second-order valence-corrected chi connectivity index (χ2v) is 8.82. The first kappa shape index (κ1) is 17.0. The first-order chi connectivity index (χ1) is 10.7. The summed E-state index contributed by atoms with van der Waals surface area (Å²) < 4.78 is 5.38. The van der Waals surface area contributed by atoms with Crippen LogP contribution in [0.25, 0.3) is 0 Å². The number of alkyl carbamates (subject to hydrolysis) is 1. The summed E-state index contributed by atoms with van der Waals surface area (Å²) in [4.78, 5) is 17.2. The Morgan fingerprint density at radius 1 is 1.30 bits per heavy atom. The van der Waals surface area contributed by atoms with Crippen LogP contribution in [0.1, 0.15) is 47.0 Å². The van der Waals surface area contributed by atoms with E-state index in [2.05, 4.69) is 29.1 Å². The fraction of sp³-hybridized carbons (Fsp3) is 0.944. The molecule has 5 heteroatoms. The summed E-state index contributed by atoms with van der Waals surface area (Å²) in [5.74, 6) is 1.76. The highest BCUT2D eigenvalue weighted by Gasteiger charge is 2.51. The Hall–Kier alpha value is -0.810. The van der Waals surface area contributed by atoms with Crippen molar-refractivity contribution in [3.63, 3.8) is 0 Å². The van der Waals surface area contributed by atoms with Gasteiger partial charge in [-0.3, -0.25) is 4.90 Å². The molecule has 0 aromatic heterocycles. The monoisotopic (exact) mass is 323 g/mol. The maximum absolute atomic E-state index is 12.0. The minimum absolute atomic E-state index is 0.137. The van der Waals surface area contributed by atoms with Gasteiger partial charge in [-0.15, -0.1) is 0 Å². The number of likely N-dealkylation sites (tertiary alicyclic amines) is 1. The molecule has 0 aliphatic carbocycles. The molecule has 2 bridgehead atoms. The molecule has 0 saturated carbocycles. The Kier molecular flexibility index (Phi) is 4.62. The second kappa shape index (κ2) is 6.25. The van der Waals surface area contributed by atoms with Crippen molar-refractivity contribution in [1.82, 2.24) is 15.1 Å². The normalized spacial score (nSPS) is 38.2. The fourth-order valence-corrected chi connectivity index (χ4v) is 4.96. The molecule has 132 valence electrons. The average Bonchev–Trinajstić information content (AvgIpc) is 2.76. The van der Waals surface area contributed by atoms with Gasteiger partial charge in [0, 0.05) is 24.7 Å². The van der Waals surface area contributed by atoms with Gasteiger partial charge in [0.05, 0.1) is 0 Å². The minimum Gasteiger partial charge on any atom is -0.444 e. The highest BCUT2D eigenvalue weighted by Crippen LogP contribution is 2.44. The Labute approximate surface area is 140 Å². The SMILES string of the molecule is CC(CC1C2C(CN1C)C1CCN2CC1)NC(=O)OC(C)(C)C. The van der Waals surface area contributed by atoms with E-state index in [9.17, 15) is 4.79 Å². The second-order valence-electron chi connectivity index (χ2n) is 8.82. The summed E-state index contributed by atoms with van der Waals surface area (Å²) in [5, 5.41) is 3.02. The van der Waals surface area contributed by atoms with Gasteiger partial charge in [0.2, 0.25) is 0 Å². The number of fused-ring (bicyclic) bond motifs is 2. The van der Waals surface area contributed by atoms with Crippen molar-refractivity contribution in [1.29, 1.82) is 0 Å². The molecule has 0 aromatic carbocycles. The van der Waals surface area contributed by atoms with Gasteiger partial charge >= 0.3 is 6.09 Å². The van der Waals surface area contributed by atoms with Gasteiger partial charge in [0.1, 0.15) is 5.60 Å². The summed E-state index contributed by atoms with van der Waals surface area (Å²) in [5.41, 5.74) is -0.437. The molecule has 23 heavy (non-hydrogen) atoms. The Balaban J connectivity index is 1.58. The lowest BCUT2D eigenvalue weighted by atomic mass is 9.73. The quantitative estimate of drug-likeness (QED) is 0.866. The van der Waals surface area contributed by atoms with Crippen LogP contribution >= 0.6 is 0 Å². The van der Waals surface area contributed by atoms with Gasteiger partial charge in [0.25, 0.3) is 0 Å². The number of ether oxygens (including phenoxy) is 1. The number of rotatable bonds is 3. The van der Waals surface area contributed by atoms with Crippen molar-refractivity contribution >= 4 is 6.09 Å². The Bertz CT molecular complexity index is 440. The Morgan fingerprint density at radius 2 is 1.96 bits per heavy atom. The third-order valence-electron chi connectivity index (χ3n) is 5.86. The van der Waals surface area contributed by atoms with E-state index in [0.29, 0.717) is 12.1 Å². The van der Waals surface area contributed by atoms with Crippen LogP contribution < -0.4 is 5.32 Å². The minimum atomic E-state index is -0.437. The van der Waals surface area contributed by atoms with E-state index in [1.165, 1.54) is 32.5 Å². The van der Waals surface area contributed by atoms with E-state index in [1.54, 1.807) is 0 Å². The molecule has 4 fully saturated rings. The van der Waals surface area contributed by atoms with Crippen LogP contribution in [-0.4, -0.2) is 66.3 Å². The van der Waals surface area contributed by atoms with E-state index in [4.69, 9.17) is 4.74 Å². The van der Waals surface area contributed by atoms with Crippen LogP contribution in [-0.2, 0) is 4.74 Å². The molecule has 4 unspecified atom stereocenters. The highest BCUT2D eigenvalue weighted by molar-refractivity contribution is 5.68. The number of amides is 1. The van der Waals surface area contributed by atoms with E-state index in [1.807, 2.05) is 20.8 Å².